The van der Waals surface area contributed by atoms with E-state index in [1.165, 1.54) is 19.1 Å². The van der Waals surface area contributed by atoms with Gasteiger partial charge in [0.15, 0.2) is 0 Å². The van der Waals surface area contributed by atoms with Crippen molar-refractivity contribution in [3.05, 3.63) is 0 Å². The van der Waals surface area contributed by atoms with Crippen LogP contribution in [-0.2, 0) is 14.4 Å². The molecule has 0 aromatic heterocycles. The molecule has 0 heterocycles. The van der Waals surface area contributed by atoms with Gasteiger partial charge in [0.1, 0.15) is 6.04 Å². The standard InChI is InChI=1S/C10H20N2O4/c1-6-12(10(14)16-7-2)8(3)9(13)11(4)15-5/h8H,6-7H2,1-5H3. The Morgan fingerprint density at radius 3 is 2.25 bits per heavy atom. The second kappa shape index (κ2) is 7.05. The minimum absolute atomic E-state index is 0.288. The molecule has 0 aliphatic rings. The van der Waals surface area contributed by atoms with Crippen LogP contribution in [0.2, 0.25) is 0 Å². The molecular formula is C10H20N2O4. The first-order valence-electron chi connectivity index (χ1n) is 5.24. The molecule has 0 saturated carbocycles. The van der Waals surface area contributed by atoms with Crippen molar-refractivity contribution < 1.29 is 19.2 Å². The zero-order valence-corrected chi connectivity index (χ0v) is 10.5. The highest BCUT2D eigenvalue weighted by molar-refractivity contribution is 5.84. The Kier molecular flexibility index (Phi) is 6.48. The Bertz CT molecular complexity index is 245. The summed E-state index contributed by atoms with van der Waals surface area (Å²) in [6, 6.07) is -0.603. The molecule has 0 aliphatic heterocycles. The van der Waals surface area contributed by atoms with E-state index in [4.69, 9.17) is 9.57 Å². The molecule has 0 aliphatic carbocycles. The normalized spacial score (nSPS) is 11.8. The summed E-state index contributed by atoms with van der Waals surface area (Å²) in [6.45, 7) is 5.84. The maximum absolute atomic E-state index is 11.7. The summed E-state index contributed by atoms with van der Waals surface area (Å²) in [6.07, 6.45) is -0.490. The average molecular weight is 232 g/mol. The van der Waals surface area contributed by atoms with Gasteiger partial charge in [-0.05, 0) is 20.8 Å². The quantitative estimate of drug-likeness (QED) is 0.660. The lowest BCUT2D eigenvalue weighted by molar-refractivity contribution is -0.173. The molecule has 0 aromatic carbocycles. The van der Waals surface area contributed by atoms with Gasteiger partial charge in [-0.25, -0.2) is 9.86 Å². The van der Waals surface area contributed by atoms with Crippen molar-refractivity contribution in [3.8, 4) is 0 Å². The van der Waals surface area contributed by atoms with Gasteiger partial charge in [-0.2, -0.15) is 0 Å². The molecule has 6 heteroatoms. The smallest absolute Gasteiger partial charge is 0.410 e. The molecular weight excluding hydrogens is 212 g/mol. The van der Waals surface area contributed by atoms with E-state index in [1.807, 2.05) is 0 Å². The van der Waals surface area contributed by atoms with E-state index in [9.17, 15) is 9.59 Å². The first-order chi connectivity index (χ1) is 7.49. The lowest BCUT2D eigenvalue weighted by Crippen LogP contribution is -2.48. The first kappa shape index (κ1) is 14.7. The Labute approximate surface area is 96.0 Å². The lowest BCUT2D eigenvalue weighted by atomic mass is 10.3. The van der Waals surface area contributed by atoms with Crippen LogP contribution < -0.4 is 0 Å². The van der Waals surface area contributed by atoms with Crippen LogP contribution in [0.5, 0.6) is 0 Å². The van der Waals surface area contributed by atoms with Crippen LogP contribution >= 0.6 is 0 Å². The highest BCUT2D eigenvalue weighted by atomic mass is 16.7. The Morgan fingerprint density at radius 1 is 1.31 bits per heavy atom. The third-order valence-corrected chi connectivity index (χ3v) is 2.25. The SMILES string of the molecule is CCOC(=O)N(CC)C(C)C(=O)N(C)OC. The average Bonchev–Trinajstić information content (AvgIpc) is 2.28. The molecule has 0 rings (SSSR count). The molecule has 1 atom stereocenters. The highest BCUT2D eigenvalue weighted by Gasteiger charge is 2.27. The van der Waals surface area contributed by atoms with Gasteiger partial charge in [0.05, 0.1) is 13.7 Å². The van der Waals surface area contributed by atoms with E-state index in [-0.39, 0.29) is 12.5 Å². The van der Waals surface area contributed by atoms with Crippen LogP contribution in [0.1, 0.15) is 20.8 Å². The maximum Gasteiger partial charge on any atom is 0.410 e. The van der Waals surface area contributed by atoms with E-state index in [2.05, 4.69) is 0 Å². The van der Waals surface area contributed by atoms with Crippen LogP contribution in [0.25, 0.3) is 0 Å². The Morgan fingerprint density at radius 2 is 1.88 bits per heavy atom. The zero-order chi connectivity index (χ0) is 12.7. The molecule has 0 N–H and O–H groups in total. The van der Waals surface area contributed by atoms with Gasteiger partial charge in [-0.1, -0.05) is 0 Å². The predicted octanol–water partition coefficient (Wildman–Crippen LogP) is 0.873. The van der Waals surface area contributed by atoms with E-state index in [0.717, 1.165) is 5.06 Å². The number of amides is 2. The summed E-state index contributed by atoms with van der Waals surface area (Å²) < 4.78 is 4.86. The summed E-state index contributed by atoms with van der Waals surface area (Å²) in [5, 5.41) is 1.09. The molecule has 0 saturated heterocycles. The molecule has 0 radical (unpaired) electrons. The van der Waals surface area contributed by atoms with Crippen molar-refractivity contribution in [2.24, 2.45) is 0 Å². The van der Waals surface area contributed by atoms with Crippen LogP contribution in [0.15, 0.2) is 0 Å². The van der Waals surface area contributed by atoms with Crippen molar-refractivity contribution >= 4 is 12.0 Å². The highest BCUT2D eigenvalue weighted by Crippen LogP contribution is 2.05. The number of nitrogens with zero attached hydrogens (tertiary/aromatic N) is 2. The van der Waals surface area contributed by atoms with Crippen molar-refractivity contribution in [1.82, 2.24) is 9.96 Å². The van der Waals surface area contributed by atoms with Crippen LogP contribution in [-0.4, -0.2) is 55.3 Å². The number of hydrogen-bond donors (Lipinski definition) is 0. The molecule has 94 valence electrons. The first-order valence-corrected chi connectivity index (χ1v) is 5.24. The molecule has 0 bridgehead atoms. The maximum atomic E-state index is 11.7. The van der Waals surface area contributed by atoms with Crippen LogP contribution in [0.3, 0.4) is 0 Å². The Hall–Kier alpha value is -1.30. The third kappa shape index (κ3) is 3.69. The van der Waals surface area contributed by atoms with Gasteiger partial charge in [0, 0.05) is 13.6 Å². The van der Waals surface area contributed by atoms with Crippen LogP contribution in [0.4, 0.5) is 4.79 Å². The monoisotopic (exact) mass is 232 g/mol. The van der Waals surface area contributed by atoms with Gasteiger partial charge in [-0.15, -0.1) is 0 Å². The summed E-state index contributed by atoms with van der Waals surface area (Å²) in [5.74, 6) is -0.294. The van der Waals surface area contributed by atoms with Gasteiger partial charge >= 0.3 is 6.09 Å². The fourth-order valence-corrected chi connectivity index (χ4v) is 1.25. The zero-order valence-electron chi connectivity index (χ0n) is 10.5. The molecule has 0 aromatic rings. The second-order valence-corrected chi connectivity index (χ2v) is 3.18. The lowest BCUT2D eigenvalue weighted by Gasteiger charge is -2.28. The van der Waals surface area contributed by atoms with Gasteiger partial charge in [0.25, 0.3) is 5.91 Å². The summed E-state index contributed by atoms with van der Waals surface area (Å²) in [7, 11) is 2.89. The number of rotatable bonds is 5. The van der Waals surface area contributed by atoms with Crippen molar-refractivity contribution in [2.45, 2.75) is 26.8 Å². The minimum Gasteiger partial charge on any atom is -0.450 e. The Balaban J connectivity index is 4.58. The molecule has 2 amide bonds. The number of carbonyl (C=O) groups excluding carboxylic acids is 2. The van der Waals surface area contributed by atoms with E-state index in [0.29, 0.717) is 6.54 Å². The third-order valence-electron chi connectivity index (χ3n) is 2.25. The van der Waals surface area contributed by atoms with Crippen LogP contribution in [0, 0.1) is 0 Å². The van der Waals surface area contributed by atoms with Crippen molar-refractivity contribution in [1.29, 1.82) is 0 Å². The van der Waals surface area contributed by atoms with Gasteiger partial charge in [0.2, 0.25) is 0 Å². The number of hydrogen-bond acceptors (Lipinski definition) is 4. The topological polar surface area (TPSA) is 59.1 Å². The molecule has 0 fully saturated rings. The summed E-state index contributed by atoms with van der Waals surface area (Å²) >= 11 is 0. The predicted molar refractivity (Wildman–Crippen MR) is 58.6 cm³/mol. The van der Waals surface area contributed by atoms with Gasteiger partial charge in [-0.3, -0.25) is 14.5 Å². The number of likely N-dealkylation sites (N-methyl/N-ethyl adjacent to an activating group) is 2. The summed E-state index contributed by atoms with van der Waals surface area (Å²) in [5.41, 5.74) is 0. The number of ether oxygens (including phenoxy) is 1. The molecule has 6 nitrogen and oxygen atoms in total. The number of hydroxylamine groups is 2. The largest absolute Gasteiger partial charge is 0.450 e. The number of carbonyl (C=O) groups is 2. The second-order valence-electron chi connectivity index (χ2n) is 3.18. The van der Waals surface area contributed by atoms with E-state index >= 15 is 0 Å². The minimum atomic E-state index is -0.603. The fourth-order valence-electron chi connectivity index (χ4n) is 1.25. The van der Waals surface area contributed by atoms with Gasteiger partial charge < -0.3 is 4.74 Å². The molecule has 0 spiro atoms. The fraction of sp³-hybridized carbons (Fsp3) is 0.800. The molecule has 16 heavy (non-hydrogen) atoms. The summed E-state index contributed by atoms with van der Waals surface area (Å²) in [4.78, 5) is 29.4. The van der Waals surface area contributed by atoms with E-state index < -0.39 is 12.1 Å². The van der Waals surface area contributed by atoms with Crippen molar-refractivity contribution in [3.63, 3.8) is 0 Å². The van der Waals surface area contributed by atoms with Crippen molar-refractivity contribution in [2.75, 3.05) is 27.3 Å². The molecule has 1 unspecified atom stereocenters. The van der Waals surface area contributed by atoms with E-state index in [1.54, 1.807) is 20.8 Å².